The zero-order valence-electron chi connectivity index (χ0n) is 15.6. The van der Waals surface area contributed by atoms with Gasteiger partial charge in [0.05, 0.1) is 17.1 Å². The maximum Gasteiger partial charge on any atom is 0.449 e. The minimum absolute atomic E-state index is 0.228. The number of rotatable bonds is 3. The van der Waals surface area contributed by atoms with Gasteiger partial charge in [-0.25, -0.2) is 4.98 Å². The Morgan fingerprint density at radius 3 is 2.70 bits per heavy atom. The van der Waals surface area contributed by atoms with Gasteiger partial charge in [0, 0.05) is 16.3 Å². The highest BCUT2D eigenvalue weighted by molar-refractivity contribution is 7.10. The van der Waals surface area contributed by atoms with Gasteiger partial charge in [0.2, 0.25) is 11.7 Å². The van der Waals surface area contributed by atoms with Crippen LogP contribution < -0.4 is 0 Å². The maximum absolute atomic E-state index is 13.6. The minimum atomic E-state index is -4.64. The molecule has 154 valence electrons. The number of halogens is 3. The maximum atomic E-state index is 13.6. The second-order valence-electron chi connectivity index (χ2n) is 7.06. The molecule has 0 spiro atoms. The fourth-order valence-corrected chi connectivity index (χ4v) is 5.78. The smallest absolute Gasteiger partial charge is 0.329 e. The minimum Gasteiger partial charge on any atom is -0.329 e. The summed E-state index contributed by atoms with van der Waals surface area (Å²) in [6.45, 7) is 0.0690. The monoisotopic (exact) mass is 447 g/mol. The van der Waals surface area contributed by atoms with E-state index in [1.54, 1.807) is 45.8 Å². The first-order valence-corrected chi connectivity index (χ1v) is 11.1. The molecule has 9 heteroatoms. The van der Waals surface area contributed by atoms with E-state index in [1.165, 1.54) is 10.9 Å². The third kappa shape index (κ3) is 3.22. The van der Waals surface area contributed by atoms with E-state index in [2.05, 4.69) is 4.98 Å². The number of fused-ring (bicyclic) bond motifs is 2. The first-order chi connectivity index (χ1) is 14.4. The molecule has 0 saturated heterocycles. The van der Waals surface area contributed by atoms with Crippen molar-refractivity contribution in [2.24, 2.45) is 0 Å². The molecule has 4 aromatic rings. The van der Waals surface area contributed by atoms with Crippen molar-refractivity contribution in [3.05, 3.63) is 74.4 Å². The average Bonchev–Trinajstić information content (AvgIpc) is 3.46. The summed E-state index contributed by atoms with van der Waals surface area (Å²) in [4.78, 5) is 21.0. The fourth-order valence-electron chi connectivity index (χ4n) is 4.02. The number of imidazole rings is 1. The molecule has 0 N–H and O–H groups in total. The predicted octanol–water partition coefficient (Wildman–Crippen LogP) is 5.35. The number of hydrogen-bond donors (Lipinski definition) is 0. The van der Waals surface area contributed by atoms with Gasteiger partial charge in [0.15, 0.2) is 0 Å². The topological polar surface area (TPSA) is 38.1 Å². The molecule has 5 rings (SSSR count). The number of aromatic nitrogens is 2. The summed E-state index contributed by atoms with van der Waals surface area (Å²) in [7, 11) is 0. The molecule has 1 aromatic carbocycles. The molecule has 0 fully saturated rings. The van der Waals surface area contributed by atoms with Crippen LogP contribution in [0.15, 0.2) is 53.2 Å². The largest absolute Gasteiger partial charge is 0.449 e. The Balaban J connectivity index is 1.54. The van der Waals surface area contributed by atoms with E-state index in [4.69, 9.17) is 0 Å². The van der Waals surface area contributed by atoms with Gasteiger partial charge in [0.25, 0.3) is 0 Å². The molecule has 0 aliphatic carbocycles. The fraction of sp³-hybridized carbons (Fsp3) is 0.238. The molecule has 4 nitrogen and oxygen atoms in total. The number of para-hydroxylation sites is 2. The van der Waals surface area contributed by atoms with Crippen molar-refractivity contribution in [2.45, 2.75) is 25.2 Å². The second-order valence-corrected chi connectivity index (χ2v) is 9.04. The van der Waals surface area contributed by atoms with Crippen LogP contribution in [0.2, 0.25) is 0 Å². The highest BCUT2D eigenvalue weighted by Gasteiger charge is 2.39. The van der Waals surface area contributed by atoms with Gasteiger partial charge in [-0.05, 0) is 47.0 Å². The number of nitrogens with zero attached hydrogens (tertiary/aromatic N) is 3. The number of benzene rings is 1. The standard InChI is InChI=1S/C21H16F3N3OS2/c22-21(23,24)20-25-14-4-1-2-5-15(14)27(20)12-18(28)26-9-7-16-13(8-11-30-16)19(26)17-6-3-10-29-17/h1-6,8,10-11,19H,7,9,12H2/t19-/m0/s1. The van der Waals surface area contributed by atoms with Crippen LogP contribution in [0.5, 0.6) is 0 Å². The number of carbonyl (C=O) groups excluding carboxylic acids is 1. The van der Waals surface area contributed by atoms with E-state index in [-0.39, 0.29) is 17.5 Å². The lowest BCUT2D eigenvalue weighted by Gasteiger charge is -2.35. The quantitative estimate of drug-likeness (QED) is 0.425. The van der Waals surface area contributed by atoms with Gasteiger partial charge in [-0.1, -0.05) is 18.2 Å². The highest BCUT2D eigenvalue weighted by atomic mass is 32.1. The van der Waals surface area contributed by atoms with Gasteiger partial charge < -0.3 is 9.47 Å². The van der Waals surface area contributed by atoms with Gasteiger partial charge >= 0.3 is 6.18 Å². The molecule has 1 atom stereocenters. The van der Waals surface area contributed by atoms with Crippen molar-refractivity contribution in [3.8, 4) is 0 Å². The molecular formula is C21H16F3N3OS2. The Labute approximate surface area is 178 Å². The summed E-state index contributed by atoms with van der Waals surface area (Å²) < 4.78 is 41.9. The second kappa shape index (κ2) is 7.24. The lowest BCUT2D eigenvalue weighted by Crippen LogP contribution is -2.41. The molecule has 0 radical (unpaired) electrons. The summed E-state index contributed by atoms with van der Waals surface area (Å²) in [5.74, 6) is -1.39. The summed E-state index contributed by atoms with van der Waals surface area (Å²) in [6, 6.07) is 12.0. The summed E-state index contributed by atoms with van der Waals surface area (Å²) in [5, 5.41) is 3.95. The zero-order valence-corrected chi connectivity index (χ0v) is 17.2. The van der Waals surface area contributed by atoms with Crippen LogP contribution in [0.4, 0.5) is 13.2 Å². The summed E-state index contributed by atoms with van der Waals surface area (Å²) in [5.41, 5.74) is 1.60. The predicted molar refractivity (Wildman–Crippen MR) is 111 cm³/mol. The van der Waals surface area contributed by atoms with Gasteiger partial charge in [-0.15, -0.1) is 22.7 Å². The van der Waals surface area contributed by atoms with Crippen molar-refractivity contribution < 1.29 is 18.0 Å². The van der Waals surface area contributed by atoms with E-state index in [1.807, 2.05) is 29.0 Å². The van der Waals surface area contributed by atoms with Crippen LogP contribution in [0.3, 0.4) is 0 Å². The molecule has 0 unspecified atom stereocenters. The lowest BCUT2D eigenvalue weighted by molar-refractivity contribution is -0.148. The van der Waals surface area contributed by atoms with Gasteiger partial charge in [-0.2, -0.15) is 13.2 Å². The molecular weight excluding hydrogens is 431 g/mol. The van der Waals surface area contributed by atoms with Crippen LogP contribution in [-0.4, -0.2) is 26.9 Å². The molecule has 4 heterocycles. The van der Waals surface area contributed by atoms with Crippen LogP contribution in [0.1, 0.15) is 27.2 Å². The van der Waals surface area contributed by atoms with E-state index in [0.717, 1.165) is 15.0 Å². The Kier molecular flexibility index (Phi) is 4.67. The first-order valence-electron chi connectivity index (χ1n) is 9.35. The summed E-state index contributed by atoms with van der Waals surface area (Å²) >= 11 is 3.20. The molecule has 1 amide bonds. The molecule has 1 aliphatic rings. The van der Waals surface area contributed by atoms with Crippen molar-refractivity contribution in [2.75, 3.05) is 6.54 Å². The van der Waals surface area contributed by atoms with Crippen molar-refractivity contribution >= 4 is 39.6 Å². The van der Waals surface area contributed by atoms with Crippen LogP contribution >= 0.6 is 22.7 Å². The Morgan fingerprint density at radius 1 is 1.10 bits per heavy atom. The number of thiophene rings is 2. The number of alkyl halides is 3. The van der Waals surface area contributed by atoms with Crippen molar-refractivity contribution in [3.63, 3.8) is 0 Å². The first kappa shape index (κ1) is 19.3. The SMILES string of the molecule is O=C(Cn1c(C(F)(F)F)nc2ccccc21)N1CCc2sccc2[C@H]1c1cccs1. The number of amides is 1. The number of carbonyl (C=O) groups is 1. The van der Waals surface area contributed by atoms with Crippen LogP contribution in [0.25, 0.3) is 11.0 Å². The van der Waals surface area contributed by atoms with Gasteiger partial charge in [0.1, 0.15) is 6.54 Å². The third-order valence-electron chi connectivity index (χ3n) is 5.30. The summed E-state index contributed by atoms with van der Waals surface area (Å²) in [6.07, 6.45) is -3.94. The van der Waals surface area contributed by atoms with E-state index < -0.39 is 18.5 Å². The molecule has 0 bridgehead atoms. The van der Waals surface area contributed by atoms with Crippen molar-refractivity contribution in [1.29, 1.82) is 0 Å². The Bertz CT molecular complexity index is 1210. The van der Waals surface area contributed by atoms with E-state index >= 15 is 0 Å². The molecule has 30 heavy (non-hydrogen) atoms. The Hall–Kier alpha value is -2.65. The van der Waals surface area contributed by atoms with E-state index in [0.29, 0.717) is 18.5 Å². The highest BCUT2D eigenvalue weighted by Crippen LogP contribution is 2.40. The third-order valence-corrected chi connectivity index (χ3v) is 7.22. The molecule has 3 aromatic heterocycles. The average molecular weight is 448 g/mol. The van der Waals surface area contributed by atoms with Crippen molar-refractivity contribution in [1.82, 2.24) is 14.5 Å². The number of hydrogen-bond acceptors (Lipinski definition) is 4. The normalized spacial score (nSPS) is 16.8. The van der Waals surface area contributed by atoms with Crippen LogP contribution in [0, 0.1) is 0 Å². The zero-order chi connectivity index (χ0) is 20.9. The Morgan fingerprint density at radius 2 is 1.93 bits per heavy atom. The molecule has 0 saturated carbocycles. The molecule has 1 aliphatic heterocycles. The van der Waals surface area contributed by atoms with Gasteiger partial charge in [-0.3, -0.25) is 4.79 Å². The van der Waals surface area contributed by atoms with Crippen LogP contribution in [-0.2, 0) is 23.9 Å². The van der Waals surface area contributed by atoms with E-state index in [9.17, 15) is 18.0 Å². The lowest BCUT2D eigenvalue weighted by atomic mass is 9.98.